The highest BCUT2D eigenvalue weighted by Gasteiger charge is 2.19. The average molecular weight is 613 g/mol. The van der Waals surface area contributed by atoms with Gasteiger partial charge in [0, 0.05) is 66.3 Å². The third kappa shape index (κ3) is 6.26. The number of hydrogen-bond acceptors (Lipinski definition) is 7. The summed E-state index contributed by atoms with van der Waals surface area (Å²) in [5, 5.41) is 4.39. The van der Waals surface area contributed by atoms with Gasteiger partial charge in [0.25, 0.3) is 5.56 Å². The number of pyridine rings is 1. The van der Waals surface area contributed by atoms with E-state index in [9.17, 15) is 9.35 Å². The molecule has 0 bridgehead atoms. The third-order valence-electron chi connectivity index (χ3n) is 7.97. The van der Waals surface area contributed by atoms with E-state index in [4.69, 9.17) is 16.6 Å². The van der Waals surface area contributed by atoms with Crippen molar-refractivity contribution >= 4 is 51.1 Å². The van der Waals surface area contributed by atoms with E-state index in [1.54, 1.807) is 41.3 Å². The predicted molar refractivity (Wildman–Crippen MR) is 176 cm³/mol. The van der Waals surface area contributed by atoms with Gasteiger partial charge in [-0.1, -0.05) is 35.9 Å². The fraction of sp³-hybridized carbons (Fsp3) is 0.242. The van der Waals surface area contributed by atoms with Crippen molar-refractivity contribution in [1.29, 1.82) is 0 Å². The quantitative estimate of drug-likeness (QED) is 0.236. The zero-order valence-electron chi connectivity index (χ0n) is 24.4. The monoisotopic (exact) mass is 612 g/mol. The Morgan fingerprint density at radius 3 is 2.42 bits per heavy atom. The lowest BCUT2D eigenvalue weighted by molar-refractivity contribution is 0.313. The number of halogens is 1. The molecule has 0 saturated carbocycles. The van der Waals surface area contributed by atoms with Crippen LogP contribution in [0.5, 0.6) is 0 Å². The number of aryl methyl sites for hydroxylation is 1. The van der Waals surface area contributed by atoms with Crippen molar-refractivity contribution in [3.05, 3.63) is 105 Å². The minimum absolute atomic E-state index is 0.218. The SMILES string of the molecule is Cc1ccccc1Cn1c(=O)c(-c2ccc([S+](C)[O-])cc2Cl)cc2cnc(Nc3ccc(N4CCN(C)CC4)cc3)nc21. The molecule has 3 aromatic carbocycles. The molecule has 1 N–H and O–H groups in total. The molecule has 0 aliphatic carbocycles. The number of nitrogens with zero attached hydrogens (tertiary/aromatic N) is 5. The lowest BCUT2D eigenvalue weighted by atomic mass is 10.0. The van der Waals surface area contributed by atoms with Crippen LogP contribution in [0.3, 0.4) is 0 Å². The lowest BCUT2D eigenvalue weighted by Gasteiger charge is -2.34. The van der Waals surface area contributed by atoms with Crippen molar-refractivity contribution in [3.8, 4) is 11.1 Å². The highest BCUT2D eigenvalue weighted by atomic mass is 35.5. The van der Waals surface area contributed by atoms with Crippen LogP contribution in [-0.2, 0) is 17.7 Å². The number of piperazine rings is 1. The van der Waals surface area contributed by atoms with Crippen molar-refractivity contribution in [2.24, 2.45) is 0 Å². The molecule has 2 aromatic heterocycles. The van der Waals surface area contributed by atoms with Crippen LogP contribution < -0.4 is 15.8 Å². The van der Waals surface area contributed by atoms with Gasteiger partial charge in [-0.15, -0.1) is 0 Å². The number of likely N-dealkylation sites (N-methyl/N-ethyl adjacent to an activating group) is 1. The Bertz CT molecular complexity index is 1830. The number of anilines is 3. The van der Waals surface area contributed by atoms with Crippen LogP contribution in [0.25, 0.3) is 22.2 Å². The third-order valence-corrected chi connectivity index (χ3v) is 9.20. The maximum absolute atomic E-state index is 14.1. The molecule has 0 radical (unpaired) electrons. The van der Waals surface area contributed by atoms with Gasteiger partial charge in [0.05, 0.1) is 11.6 Å². The minimum atomic E-state index is -1.19. The standard InChI is InChI=1S/C33H33ClN6O2S/c1-22-6-4-5-7-23(22)21-40-31-24(18-29(32(40)41)28-13-12-27(43(3)42)19-30(28)34)20-35-33(37-31)36-25-8-10-26(11-9-25)39-16-14-38(2)15-17-39/h4-13,18-20H,14-17,21H2,1-3H3,(H,35,36,37). The number of hydrogen-bond donors (Lipinski definition) is 1. The molecule has 6 rings (SSSR count). The first-order valence-corrected chi connectivity index (χ1v) is 16.1. The largest absolute Gasteiger partial charge is 0.612 e. The van der Waals surface area contributed by atoms with Crippen molar-refractivity contribution in [2.75, 3.05) is 49.7 Å². The van der Waals surface area contributed by atoms with Crippen LogP contribution in [0.15, 0.2) is 88.7 Å². The van der Waals surface area contributed by atoms with E-state index < -0.39 is 11.2 Å². The molecular weight excluding hydrogens is 580 g/mol. The summed E-state index contributed by atoms with van der Waals surface area (Å²) in [6.45, 7) is 6.47. The second-order valence-corrected chi connectivity index (χ2v) is 12.7. The summed E-state index contributed by atoms with van der Waals surface area (Å²) in [5.74, 6) is 0.401. The Labute approximate surface area is 259 Å². The first kappa shape index (κ1) is 29.2. The van der Waals surface area contributed by atoms with E-state index in [1.165, 1.54) is 5.69 Å². The summed E-state index contributed by atoms with van der Waals surface area (Å²) in [7, 11) is 2.15. The molecule has 43 heavy (non-hydrogen) atoms. The first-order valence-electron chi connectivity index (χ1n) is 14.2. The van der Waals surface area contributed by atoms with E-state index in [2.05, 4.69) is 39.3 Å². The Morgan fingerprint density at radius 1 is 0.977 bits per heavy atom. The number of nitrogens with one attached hydrogen (secondary N) is 1. The van der Waals surface area contributed by atoms with E-state index in [-0.39, 0.29) is 5.56 Å². The number of fused-ring (bicyclic) bond motifs is 1. The summed E-state index contributed by atoms with van der Waals surface area (Å²) in [4.78, 5) is 28.8. The normalized spacial score (nSPS) is 14.7. The molecular formula is C33H33ClN6O2S. The molecule has 1 atom stereocenters. The zero-order chi connectivity index (χ0) is 30.1. The van der Waals surface area contributed by atoms with Crippen molar-refractivity contribution < 1.29 is 4.55 Å². The van der Waals surface area contributed by atoms with Crippen molar-refractivity contribution in [1.82, 2.24) is 19.4 Å². The number of rotatable bonds is 7. The predicted octanol–water partition coefficient (Wildman–Crippen LogP) is 5.70. The lowest BCUT2D eigenvalue weighted by Crippen LogP contribution is -2.44. The number of aromatic nitrogens is 3. The molecule has 1 saturated heterocycles. The molecule has 1 aliphatic heterocycles. The van der Waals surface area contributed by atoms with Crippen LogP contribution in [0.2, 0.25) is 5.02 Å². The first-order chi connectivity index (χ1) is 20.8. The maximum atomic E-state index is 14.1. The van der Waals surface area contributed by atoms with Crippen LogP contribution in [0, 0.1) is 6.92 Å². The molecule has 0 spiro atoms. The van der Waals surface area contributed by atoms with Gasteiger partial charge >= 0.3 is 0 Å². The van der Waals surface area contributed by atoms with Gasteiger partial charge in [-0.25, -0.2) is 4.98 Å². The number of benzene rings is 3. The van der Waals surface area contributed by atoms with Crippen molar-refractivity contribution in [2.45, 2.75) is 18.4 Å². The summed E-state index contributed by atoms with van der Waals surface area (Å²) in [6, 6.07) is 23.2. The Hall–Kier alpha value is -3.89. The van der Waals surface area contributed by atoms with Gasteiger partial charge in [-0.2, -0.15) is 4.98 Å². The maximum Gasteiger partial charge on any atom is 0.260 e. The van der Waals surface area contributed by atoms with Gasteiger partial charge in [0.1, 0.15) is 11.9 Å². The van der Waals surface area contributed by atoms with Gasteiger partial charge in [0.15, 0.2) is 4.90 Å². The van der Waals surface area contributed by atoms with Crippen molar-refractivity contribution in [3.63, 3.8) is 0 Å². The second kappa shape index (κ2) is 12.4. The van der Waals surface area contributed by atoms with E-state index >= 15 is 0 Å². The van der Waals surface area contributed by atoms with Gasteiger partial charge in [-0.05, 0) is 78.7 Å². The van der Waals surface area contributed by atoms with E-state index in [0.717, 1.165) is 43.0 Å². The summed E-state index contributed by atoms with van der Waals surface area (Å²) < 4.78 is 13.7. The smallest absolute Gasteiger partial charge is 0.260 e. The molecule has 10 heteroatoms. The topological polar surface area (TPSA) is 89.3 Å². The highest BCUT2D eigenvalue weighted by molar-refractivity contribution is 7.90. The summed E-state index contributed by atoms with van der Waals surface area (Å²) >= 11 is 5.43. The second-order valence-electron chi connectivity index (χ2n) is 10.9. The summed E-state index contributed by atoms with van der Waals surface area (Å²) in [5.41, 5.74) is 5.45. The Morgan fingerprint density at radius 2 is 1.72 bits per heavy atom. The molecule has 3 heterocycles. The summed E-state index contributed by atoms with van der Waals surface area (Å²) in [6.07, 6.45) is 3.32. The Balaban J connectivity index is 1.38. The van der Waals surface area contributed by atoms with Gasteiger partial charge in [-0.3, -0.25) is 9.36 Å². The molecule has 1 unspecified atom stereocenters. The average Bonchev–Trinajstić information content (AvgIpc) is 3.00. The van der Waals surface area contributed by atoms with Gasteiger partial charge < -0.3 is 19.7 Å². The molecule has 1 aliphatic rings. The van der Waals surface area contributed by atoms with Gasteiger partial charge in [0.2, 0.25) is 5.95 Å². The van der Waals surface area contributed by atoms with E-state index in [1.807, 2.05) is 43.3 Å². The van der Waals surface area contributed by atoms with Crippen LogP contribution in [0.1, 0.15) is 11.1 Å². The molecule has 5 aromatic rings. The van der Waals surface area contributed by atoms with Crippen LogP contribution in [0.4, 0.5) is 17.3 Å². The Kier molecular flexibility index (Phi) is 8.41. The fourth-order valence-electron chi connectivity index (χ4n) is 5.36. The molecule has 1 fully saturated rings. The van der Waals surface area contributed by atoms with E-state index in [0.29, 0.717) is 44.6 Å². The van der Waals surface area contributed by atoms with Crippen LogP contribution >= 0.6 is 11.6 Å². The highest BCUT2D eigenvalue weighted by Crippen LogP contribution is 2.30. The fourth-order valence-corrected chi connectivity index (χ4v) is 6.25. The minimum Gasteiger partial charge on any atom is -0.612 e. The molecule has 220 valence electrons. The zero-order valence-corrected chi connectivity index (χ0v) is 26.0. The van der Waals surface area contributed by atoms with Crippen LogP contribution in [-0.4, -0.2) is 63.5 Å². The molecule has 0 amide bonds. The molecule has 8 nitrogen and oxygen atoms in total.